The van der Waals surface area contributed by atoms with E-state index in [1.54, 1.807) is 24.7 Å². The molecule has 23 heavy (non-hydrogen) atoms. The molecular weight excluding hydrogens is 318 g/mol. The Labute approximate surface area is 137 Å². The molecule has 0 spiro atoms. The molecule has 1 aromatic rings. The van der Waals surface area contributed by atoms with Crippen molar-refractivity contribution in [1.82, 2.24) is 25.1 Å². The van der Waals surface area contributed by atoms with Crippen molar-refractivity contribution in [3.63, 3.8) is 0 Å². The molecule has 0 radical (unpaired) electrons. The van der Waals surface area contributed by atoms with Crippen LogP contribution in [0.2, 0.25) is 0 Å². The van der Waals surface area contributed by atoms with Crippen molar-refractivity contribution in [1.29, 1.82) is 0 Å². The van der Waals surface area contributed by atoms with Crippen molar-refractivity contribution in [2.45, 2.75) is 25.8 Å². The summed E-state index contributed by atoms with van der Waals surface area (Å²) in [4.78, 5) is 12.4. The third-order valence-corrected chi connectivity index (χ3v) is 5.36. The summed E-state index contributed by atoms with van der Waals surface area (Å²) in [6.45, 7) is 4.94. The monoisotopic (exact) mass is 343 g/mol. The van der Waals surface area contributed by atoms with Crippen LogP contribution in [0.5, 0.6) is 0 Å². The van der Waals surface area contributed by atoms with Crippen LogP contribution in [0.15, 0.2) is 12.4 Å². The van der Waals surface area contributed by atoms with Crippen molar-refractivity contribution < 1.29 is 13.2 Å². The van der Waals surface area contributed by atoms with E-state index < -0.39 is 10.0 Å². The molecule has 1 amide bonds. The lowest BCUT2D eigenvalue weighted by Gasteiger charge is -2.17. The predicted octanol–water partition coefficient (Wildman–Crippen LogP) is -0.833. The smallest absolute Gasteiger partial charge is 0.225 e. The summed E-state index contributed by atoms with van der Waals surface area (Å²) in [6, 6.07) is -0.148. The average molecular weight is 343 g/mol. The summed E-state index contributed by atoms with van der Waals surface area (Å²) in [5.41, 5.74) is 1.02. The number of aromatic nitrogens is 2. The summed E-state index contributed by atoms with van der Waals surface area (Å²) in [5.74, 6) is -0.382. The van der Waals surface area contributed by atoms with Crippen LogP contribution < -0.4 is 15.4 Å². The van der Waals surface area contributed by atoms with Gasteiger partial charge < -0.3 is 10.6 Å². The second kappa shape index (κ2) is 7.41. The molecule has 1 aromatic heterocycles. The number of amides is 1. The number of nitrogens with zero attached hydrogens (tertiary/aromatic N) is 2. The van der Waals surface area contributed by atoms with Gasteiger partial charge in [-0.1, -0.05) is 0 Å². The summed E-state index contributed by atoms with van der Waals surface area (Å²) < 4.78 is 27.7. The fourth-order valence-corrected chi connectivity index (χ4v) is 4.00. The minimum absolute atomic E-state index is 0.0640. The van der Waals surface area contributed by atoms with Gasteiger partial charge in [0.2, 0.25) is 15.9 Å². The van der Waals surface area contributed by atoms with Crippen LogP contribution in [0.25, 0.3) is 0 Å². The van der Waals surface area contributed by atoms with Gasteiger partial charge in [-0.25, -0.2) is 13.1 Å². The first kappa shape index (κ1) is 17.9. The Hall–Kier alpha value is -1.45. The first-order valence-corrected chi connectivity index (χ1v) is 9.40. The standard InChI is InChI=1S/C14H25N5O3S/c1-10(2)18-23(21,22)5-4-16-14(20)13-8-15-7-12(13)11-6-17-19(3)9-11/h6,9-10,12-13,15,18H,4-5,7-8H2,1-3H3,(H,16,20)/t12-,13+/m1/s1. The molecule has 2 atom stereocenters. The van der Waals surface area contributed by atoms with Crippen LogP contribution in [0.4, 0.5) is 0 Å². The molecule has 0 unspecified atom stereocenters. The molecule has 2 heterocycles. The fourth-order valence-electron chi connectivity index (χ4n) is 2.79. The zero-order valence-electron chi connectivity index (χ0n) is 13.7. The number of hydrogen-bond acceptors (Lipinski definition) is 5. The predicted molar refractivity (Wildman–Crippen MR) is 87.4 cm³/mol. The zero-order valence-corrected chi connectivity index (χ0v) is 14.6. The number of aryl methyl sites for hydroxylation is 1. The molecule has 1 saturated heterocycles. The average Bonchev–Trinajstić information content (AvgIpc) is 3.04. The highest BCUT2D eigenvalue weighted by molar-refractivity contribution is 7.89. The van der Waals surface area contributed by atoms with Gasteiger partial charge in [-0.3, -0.25) is 9.48 Å². The van der Waals surface area contributed by atoms with Crippen LogP contribution in [0, 0.1) is 5.92 Å². The highest BCUT2D eigenvalue weighted by Gasteiger charge is 2.34. The minimum atomic E-state index is -3.36. The molecule has 0 aromatic carbocycles. The van der Waals surface area contributed by atoms with Crippen LogP contribution >= 0.6 is 0 Å². The minimum Gasteiger partial charge on any atom is -0.355 e. The Morgan fingerprint density at radius 2 is 2.22 bits per heavy atom. The molecule has 8 nitrogen and oxygen atoms in total. The Morgan fingerprint density at radius 1 is 1.48 bits per heavy atom. The highest BCUT2D eigenvalue weighted by atomic mass is 32.2. The largest absolute Gasteiger partial charge is 0.355 e. The van der Waals surface area contributed by atoms with Crippen LogP contribution in [-0.2, 0) is 21.9 Å². The molecular formula is C14H25N5O3S. The van der Waals surface area contributed by atoms with E-state index in [-0.39, 0.29) is 36.1 Å². The Bertz CT molecular complexity index is 641. The molecule has 0 aliphatic carbocycles. The van der Waals surface area contributed by atoms with Crippen LogP contribution in [0.3, 0.4) is 0 Å². The summed E-state index contributed by atoms with van der Waals surface area (Å²) in [5, 5.41) is 10.1. The van der Waals surface area contributed by atoms with E-state index in [4.69, 9.17) is 0 Å². The van der Waals surface area contributed by atoms with Gasteiger partial charge in [-0.15, -0.1) is 0 Å². The molecule has 1 aliphatic rings. The summed E-state index contributed by atoms with van der Waals surface area (Å²) in [7, 11) is -1.52. The number of sulfonamides is 1. The van der Waals surface area contributed by atoms with Crippen molar-refractivity contribution >= 4 is 15.9 Å². The maximum Gasteiger partial charge on any atom is 0.225 e. The Kier molecular flexibility index (Phi) is 5.77. The second-order valence-electron chi connectivity index (χ2n) is 6.20. The van der Waals surface area contributed by atoms with E-state index >= 15 is 0 Å². The topological polar surface area (TPSA) is 105 Å². The van der Waals surface area contributed by atoms with E-state index in [2.05, 4.69) is 20.5 Å². The summed E-state index contributed by atoms with van der Waals surface area (Å²) in [6.07, 6.45) is 3.68. The quantitative estimate of drug-likeness (QED) is 0.599. The van der Waals surface area contributed by atoms with E-state index in [1.165, 1.54) is 0 Å². The van der Waals surface area contributed by atoms with E-state index in [0.29, 0.717) is 6.54 Å². The van der Waals surface area contributed by atoms with Gasteiger partial charge >= 0.3 is 0 Å². The van der Waals surface area contributed by atoms with Gasteiger partial charge in [0.15, 0.2) is 0 Å². The third kappa shape index (κ3) is 5.02. The van der Waals surface area contributed by atoms with Crippen molar-refractivity contribution in [3.8, 4) is 0 Å². The summed E-state index contributed by atoms with van der Waals surface area (Å²) >= 11 is 0. The van der Waals surface area contributed by atoms with Crippen LogP contribution in [0.1, 0.15) is 25.3 Å². The fraction of sp³-hybridized carbons (Fsp3) is 0.714. The lowest BCUT2D eigenvalue weighted by molar-refractivity contribution is -0.124. The molecule has 1 aliphatic heterocycles. The molecule has 2 rings (SSSR count). The Balaban J connectivity index is 1.88. The number of carbonyl (C=O) groups excluding carboxylic acids is 1. The first-order valence-electron chi connectivity index (χ1n) is 7.75. The van der Waals surface area contributed by atoms with Gasteiger partial charge in [0.25, 0.3) is 0 Å². The third-order valence-electron chi connectivity index (χ3n) is 3.79. The molecule has 9 heteroatoms. The van der Waals surface area contributed by atoms with E-state index in [0.717, 1.165) is 12.1 Å². The molecule has 0 saturated carbocycles. The lowest BCUT2D eigenvalue weighted by Crippen LogP contribution is -2.40. The maximum absolute atomic E-state index is 12.4. The highest BCUT2D eigenvalue weighted by Crippen LogP contribution is 2.27. The van der Waals surface area contributed by atoms with E-state index in [9.17, 15) is 13.2 Å². The Morgan fingerprint density at radius 3 is 2.83 bits per heavy atom. The van der Waals surface area contributed by atoms with Gasteiger partial charge in [-0.05, 0) is 19.4 Å². The van der Waals surface area contributed by atoms with Crippen LogP contribution in [-0.4, -0.2) is 55.5 Å². The second-order valence-corrected chi connectivity index (χ2v) is 8.07. The first-order chi connectivity index (χ1) is 10.8. The SMILES string of the molecule is CC(C)NS(=O)(=O)CCNC(=O)[C@H]1CNC[C@@H]1c1cnn(C)c1. The van der Waals surface area contributed by atoms with Gasteiger partial charge in [0, 0.05) is 44.8 Å². The molecule has 3 N–H and O–H groups in total. The molecule has 130 valence electrons. The van der Waals surface area contributed by atoms with Crippen molar-refractivity contribution in [2.75, 3.05) is 25.4 Å². The zero-order chi connectivity index (χ0) is 17.0. The van der Waals surface area contributed by atoms with E-state index in [1.807, 2.05) is 13.2 Å². The number of hydrogen-bond donors (Lipinski definition) is 3. The lowest BCUT2D eigenvalue weighted by atomic mass is 9.90. The van der Waals surface area contributed by atoms with Crippen molar-refractivity contribution in [2.24, 2.45) is 13.0 Å². The van der Waals surface area contributed by atoms with Gasteiger partial charge in [0.05, 0.1) is 17.9 Å². The van der Waals surface area contributed by atoms with Gasteiger partial charge in [-0.2, -0.15) is 5.10 Å². The maximum atomic E-state index is 12.4. The molecule has 0 bridgehead atoms. The van der Waals surface area contributed by atoms with Gasteiger partial charge in [0.1, 0.15) is 0 Å². The number of carbonyl (C=O) groups is 1. The normalized spacial score (nSPS) is 21.7. The number of nitrogens with one attached hydrogen (secondary N) is 3. The number of rotatable bonds is 7. The van der Waals surface area contributed by atoms with Crippen molar-refractivity contribution in [3.05, 3.63) is 18.0 Å². The molecule has 1 fully saturated rings.